The molecular weight excluding hydrogens is 320 g/mol. The molecule has 2 heteroatoms. The van der Waals surface area contributed by atoms with Gasteiger partial charge in [-0.2, -0.15) is 0 Å². The minimum Gasteiger partial charge on any atom is -0.457 e. The van der Waals surface area contributed by atoms with Gasteiger partial charge in [0.1, 0.15) is 5.60 Å². The molecule has 0 amide bonds. The van der Waals surface area contributed by atoms with Crippen LogP contribution >= 0.6 is 0 Å². The van der Waals surface area contributed by atoms with Crippen LogP contribution in [0.3, 0.4) is 0 Å². The predicted octanol–water partition coefficient (Wildman–Crippen LogP) is 8.15. The Morgan fingerprint density at radius 2 is 1.08 bits per heavy atom. The Hall–Kier alpha value is -0.790. The highest BCUT2D eigenvalue weighted by Crippen LogP contribution is 2.20. The fraction of sp³-hybridized carbons (Fsp3) is 0.875. The molecule has 0 aliphatic rings. The maximum absolute atomic E-state index is 11.3. The van der Waals surface area contributed by atoms with E-state index in [0.29, 0.717) is 0 Å². The van der Waals surface area contributed by atoms with E-state index in [2.05, 4.69) is 13.5 Å². The predicted molar refractivity (Wildman–Crippen MR) is 115 cm³/mol. The zero-order valence-electron chi connectivity index (χ0n) is 18.1. The van der Waals surface area contributed by atoms with Gasteiger partial charge in [0.2, 0.25) is 0 Å². The molecule has 26 heavy (non-hydrogen) atoms. The largest absolute Gasteiger partial charge is 0.457 e. The first-order valence-corrected chi connectivity index (χ1v) is 11.4. The maximum Gasteiger partial charge on any atom is 0.330 e. The van der Waals surface area contributed by atoms with E-state index >= 15 is 0 Å². The van der Waals surface area contributed by atoms with Crippen molar-refractivity contribution in [2.75, 3.05) is 0 Å². The van der Waals surface area contributed by atoms with Crippen molar-refractivity contribution in [3.05, 3.63) is 12.7 Å². The van der Waals surface area contributed by atoms with Gasteiger partial charge in [-0.05, 0) is 26.7 Å². The van der Waals surface area contributed by atoms with Crippen molar-refractivity contribution in [3.8, 4) is 0 Å². The number of esters is 1. The summed E-state index contributed by atoms with van der Waals surface area (Å²) >= 11 is 0. The van der Waals surface area contributed by atoms with Gasteiger partial charge >= 0.3 is 5.97 Å². The van der Waals surface area contributed by atoms with Gasteiger partial charge in [0.25, 0.3) is 0 Å². The average molecular weight is 367 g/mol. The smallest absolute Gasteiger partial charge is 0.330 e. The van der Waals surface area contributed by atoms with Crippen LogP contribution in [0.1, 0.15) is 130 Å². The summed E-state index contributed by atoms with van der Waals surface area (Å²) in [5, 5.41) is 0. The number of ether oxygens (including phenoxy) is 1. The van der Waals surface area contributed by atoms with Crippen molar-refractivity contribution in [2.24, 2.45) is 0 Å². The summed E-state index contributed by atoms with van der Waals surface area (Å²) in [5.74, 6) is -0.313. The quantitative estimate of drug-likeness (QED) is 0.131. The van der Waals surface area contributed by atoms with E-state index in [4.69, 9.17) is 4.74 Å². The molecule has 0 fully saturated rings. The van der Waals surface area contributed by atoms with Crippen molar-refractivity contribution >= 4 is 5.97 Å². The molecule has 0 aromatic heterocycles. The molecule has 0 aliphatic carbocycles. The molecule has 0 unspecified atom stereocenters. The molecule has 154 valence electrons. The first kappa shape index (κ1) is 25.2. The minimum absolute atomic E-state index is 0.313. The number of carbonyl (C=O) groups is 1. The molecule has 2 nitrogen and oxygen atoms in total. The Morgan fingerprint density at radius 3 is 1.42 bits per heavy atom. The number of rotatable bonds is 19. The van der Waals surface area contributed by atoms with Gasteiger partial charge in [-0.1, -0.05) is 110 Å². The lowest BCUT2D eigenvalue weighted by atomic mass is 9.99. The Balaban J connectivity index is 3.24. The second-order valence-electron chi connectivity index (χ2n) is 8.44. The van der Waals surface area contributed by atoms with Crippen LogP contribution in [0.2, 0.25) is 0 Å². The summed E-state index contributed by atoms with van der Waals surface area (Å²) < 4.78 is 5.35. The van der Waals surface area contributed by atoms with Crippen LogP contribution in [-0.4, -0.2) is 11.6 Å². The summed E-state index contributed by atoms with van der Waals surface area (Å²) in [6, 6.07) is 0. The summed E-state index contributed by atoms with van der Waals surface area (Å²) in [6.07, 6.45) is 24.3. The van der Waals surface area contributed by atoms with E-state index in [1.807, 2.05) is 13.8 Å². The molecule has 0 saturated heterocycles. The van der Waals surface area contributed by atoms with E-state index in [9.17, 15) is 4.79 Å². The molecule has 0 aromatic carbocycles. The molecule has 0 N–H and O–H groups in total. The topological polar surface area (TPSA) is 26.3 Å². The minimum atomic E-state index is -0.360. The van der Waals surface area contributed by atoms with E-state index in [1.165, 1.54) is 102 Å². The van der Waals surface area contributed by atoms with Gasteiger partial charge in [0.15, 0.2) is 0 Å². The van der Waals surface area contributed by atoms with Crippen LogP contribution in [-0.2, 0) is 9.53 Å². The number of hydrogen-bond donors (Lipinski definition) is 0. The van der Waals surface area contributed by atoms with Gasteiger partial charge in [0.05, 0.1) is 0 Å². The molecular formula is C24H46O2. The van der Waals surface area contributed by atoms with Crippen LogP contribution in [0, 0.1) is 0 Å². The molecule has 0 heterocycles. The molecule has 0 radical (unpaired) electrons. The van der Waals surface area contributed by atoms with E-state index in [0.717, 1.165) is 12.8 Å². The molecule has 0 spiro atoms. The second-order valence-corrected chi connectivity index (χ2v) is 8.44. The molecule has 0 rings (SSSR count). The lowest BCUT2D eigenvalue weighted by Crippen LogP contribution is -2.27. The fourth-order valence-corrected chi connectivity index (χ4v) is 3.46. The molecule has 0 bridgehead atoms. The SMILES string of the molecule is C=CC(=O)OC(C)(C)CCCCCCCCCCCCCCCCCC. The number of hydrogen-bond acceptors (Lipinski definition) is 2. The van der Waals surface area contributed by atoms with E-state index in [1.54, 1.807) is 0 Å². The van der Waals surface area contributed by atoms with Crippen LogP contribution < -0.4 is 0 Å². The Kier molecular flexibility index (Phi) is 17.1. The van der Waals surface area contributed by atoms with Crippen molar-refractivity contribution in [2.45, 2.75) is 136 Å². The van der Waals surface area contributed by atoms with E-state index in [-0.39, 0.29) is 11.6 Å². The monoisotopic (exact) mass is 366 g/mol. The zero-order valence-corrected chi connectivity index (χ0v) is 18.1. The molecule has 0 saturated carbocycles. The maximum atomic E-state index is 11.3. The van der Waals surface area contributed by atoms with Gasteiger partial charge < -0.3 is 4.74 Å². The van der Waals surface area contributed by atoms with Crippen LogP contribution in [0.25, 0.3) is 0 Å². The number of carbonyl (C=O) groups excluding carboxylic acids is 1. The fourth-order valence-electron chi connectivity index (χ4n) is 3.46. The average Bonchev–Trinajstić information content (AvgIpc) is 2.60. The number of unbranched alkanes of at least 4 members (excludes halogenated alkanes) is 15. The van der Waals surface area contributed by atoms with Crippen molar-refractivity contribution in [3.63, 3.8) is 0 Å². The third kappa shape index (κ3) is 18.0. The summed E-state index contributed by atoms with van der Waals surface area (Å²) in [5.41, 5.74) is -0.360. The highest BCUT2D eigenvalue weighted by molar-refractivity contribution is 5.81. The third-order valence-corrected chi connectivity index (χ3v) is 5.18. The Labute approximate surface area is 164 Å². The first-order valence-electron chi connectivity index (χ1n) is 11.4. The Morgan fingerprint density at radius 1 is 0.731 bits per heavy atom. The molecule has 0 aromatic rings. The van der Waals surface area contributed by atoms with E-state index < -0.39 is 0 Å². The normalized spacial score (nSPS) is 11.5. The Bertz CT molecular complexity index is 333. The van der Waals surface area contributed by atoms with Gasteiger partial charge in [-0.25, -0.2) is 4.79 Å². The van der Waals surface area contributed by atoms with Crippen molar-refractivity contribution < 1.29 is 9.53 Å². The van der Waals surface area contributed by atoms with Crippen LogP contribution in [0.4, 0.5) is 0 Å². The summed E-state index contributed by atoms with van der Waals surface area (Å²) in [6.45, 7) is 9.70. The van der Waals surface area contributed by atoms with Gasteiger partial charge in [-0.3, -0.25) is 0 Å². The molecule has 0 atom stereocenters. The highest BCUT2D eigenvalue weighted by atomic mass is 16.6. The van der Waals surface area contributed by atoms with Crippen molar-refractivity contribution in [1.82, 2.24) is 0 Å². The second kappa shape index (κ2) is 17.6. The summed E-state index contributed by atoms with van der Waals surface area (Å²) in [4.78, 5) is 11.3. The zero-order chi connectivity index (χ0) is 19.5. The summed E-state index contributed by atoms with van der Waals surface area (Å²) in [7, 11) is 0. The lowest BCUT2D eigenvalue weighted by molar-refractivity contribution is -0.150. The van der Waals surface area contributed by atoms with Gasteiger partial charge in [-0.15, -0.1) is 0 Å². The first-order chi connectivity index (χ1) is 12.5. The lowest BCUT2D eigenvalue weighted by Gasteiger charge is -2.24. The molecule has 0 aliphatic heterocycles. The third-order valence-electron chi connectivity index (χ3n) is 5.18. The van der Waals surface area contributed by atoms with Gasteiger partial charge in [0, 0.05) is 6.08 Å². The van der Waals surface area contributed by atoms with Crippen molar-refractivity contribution in [1.29, 1.82) is 0 Å². The standard InChI is InChI=1S/C24H46O2/c1-5-7-8-9-10-11-12-13-14-15-16-17-18-19-20-21-22-24(3,4)26-23(25)6-2/h6H,2,5,7-22H2,1,3-4H3. The highest BCUT2D eigenvalue weighted by Gasteiger charge is 2.20. The van der Waals surface area contributed by atoms with Crippen LogP contribution in [0.5, 0.6) is 0 Å². The van der Waals surface area contributed by atoms with Crippen LogP contribution in [0.15, 0.2) is 12.7 Å².